The van der Waals surface area contributed by atoms with Crippen LogP contribution in [-0.4, -0.2) is 37.6 Å². The largest absolute Gasteiger partial charge is 0.495 e. The Hall–Kier alpha value is -2.76. The van der Waals surface area contributed by atoms with Crippen LogP contribution in [0.1, 0.15) is 16.8 Å². The molecule has 0 bridgehead atoms. The Bertz CT molecular complexity index is 720. The molecule has 0 spiro atoms. The van der Waals surface area contributed by atoms with E-state index in [4.69, 9.17) is 10.5 Å². The topological polar surface area (TPSA) is 80.5 Å². The summed E-state index contributed by atoms with van der Waals surface area (Å²) in [5.74, 6) is 0.924. The number of carbonyl (C=O) groups excluding carboxylic acids is 1. The number of carbonyl (C=O) groups is 1. The number of hydrogen-bond donors (Lipinski definition) is 2. The van der Waals surface area contributed by atoms with Gasteiger partial charge in [0.25, 0.3) is 5.91 Å². The van der Waals surface area contributed by atoms with Crippen LogP contribution in [0.5, 0.6) is 5.75 Å². The fraction of sp³-hybridized carbons (Fsp3) is 0.333. The van der Waals surface area contributed by atoms with Crippen molar-refractivity contribution in [2.45, 2.75) is 6.42 Å². The van der Waals surface area contributed by atoms with Gasteiger partial charge in [-0.3, -0.25) is 9.78 Å². The highest BCUT2D eigenvalue weighted by molar-refractivity contribution is 5.98. The number of rotatable bonds is 6. The molecule has 3 rings (SSSR count). The Labute approximate surface area is 141 Å². The van der Waals surface area contributed by atoms with E-state index < -0.39 is 5.91 Å². The van der Waals surface area contributed by atoms with Gasteiger partial charge in [0, 0.05) is 32.0 Å². The van der Waals surface area contributed by atoms with E-state index in [1.807, 2.05) is 18.2 Å². The second-order valence-corrected chi connectivity index (χ2v) is 5.94. The van der Waals surface area contributed by atoms with Gasteiger partial charge in [0.05, 0.1) is 24.0 Å². The summed E-state index contributed by atoms with van der Waals surface area (Å²) in [7, 11) is 1.70. The third-order valence-electron chi connectivity index (χ3n) is 4.38. The Morgan fingerprint density at radius 1 is 1.42 bits per heavy atom. The molecule has 1 aliphatic heterocycles. The number of nitrogens with zero attached hydrogens (tertiary/aromatic N) is 2. The molecule has 1 unspecified atom stereocenters. The van der Waals surface area contributed by atoms with Crippen LogP contribution in [0.4, 0.5) is 11.4 Å². The highest BCUT2D eigenvalue weighted by Crippen LogP contribution is 2.32. The fourth-order valence-electron chi connectivity index (χ4n) is 3.11. The van der Waals surface area contributed by atoms with Crippen molar-refractivity contribution >= 4 is 17.3 Å². The van der Waals surface area contributed by atoms with Crippen LogP contribution in [0.3, 0.4) is 0 Å². The first-order valence-electron chi connectivity index (χ1n) is 8.04. The molecule has 3 N–H and O–H groups in total. The lowest BCUT2D eigenvalue weighted by molar-refractivity contribution is 0.100. The highest BCUT2D eigenvalue weighted by atomic mass is 16.5. The highest BCUT2D eigenvalue weighted by Gasteiger charge is 2.24. The number of ether oxygens (including phenoxy) is 1. The first kappa shape index (κ1) is 16.1. The number of nitrogens with two attached hydrogens (primary N) is 1. The molecule has 6 nitrogen and oxygen atoms in total. The number of primary amides is 1. The molecular weight excluding hydrogens is 304 g/mol. The number of methoxy groups -OCH3 is 1. The van der Waals surface area contributed by atoms with Gasteiger partial charge in [-0.25, -0.2) is 0 Å². The molecule has 0 aliphatic carbocycles. The van der Waals surface area contributed by atoms with E-state index in [2.05, 4.69) is 21.3 Å². The van der Waals surface area contributed by atoms with Gasteiger partial charge in [-0.2, -0.15) is 0 Å². The van der Waals surface area contributed by atoms with Crippen molar-refractivity contribution in [2.75, 3.05) is 37.0 Å². The second-order valence-electron chi connectivity index (χ2n) is 5.94. The minimum atomic E-state index is -0.465. The molecule has 24 heavy (non-hydrogen) atoms. The van der Waals surface area contributed by atoms with E-state index >= 15 is 0 Å². The van der Waals surface area contributed by atoms with E-state index in [0.717, 1.165) is 43.2 Å². The van der Waals surface area contributed by atoms with Crippen molar-refractivity contribution in [3.8, 4) is 5.75 Å². The van der Waals surface area contributed by atoms with Crippen LogP contribution in [0, 0.1) is 5.92 Å². The van der Waals surface area contributed by atoms with Gasteiger partial charge in [0.15, 0.2) is 0 Å². The molecule has 1 aromatic heterocycles. The number of nitrogens with one attached hydrogen (secondary N) is 1. The normalized spacial score (nSPS) is 16.9. The third-order valence-corrected chi connectivity index (χ3v) is 4.38. The molecule has 1 fully saturated rings. The molecule has 1 aliphatic rings. The Balaban J connectivity index is 1.62. The average Bonchev–Trinajstić information content (AvgIpc) is 3.09. The number of benzene rings is 1. The number of anilines is 2. The monoisotopic (exact) mass is 326 g/mol. The lowest BCUT2D eigenvalue weighted by Crippen LogP contribution is -2.23. The van der Waals surface area contributed by atoms with Crippen LogP contribution in [0.2, 0.25) is 0 Å². The molecule has 2 heterocycles. The van der Waals surface area contributed by atoms with Gasteiger partial charge in [0.2, 0.25) is 0 Å². The first-order chi connectivity index (χ1) is 11.7. The Kier molecular flexibility index (Phi) is 4.84. The second kappa shape index (κ2) is 7.21. The SMILES string of the molecule is COc1ccccc1N1CCC(CNc2ccncc2C(N)=O)C1. The summed E-state index contributed by atoms with van der Waals surface area (Å²) in [6.07, 6.45) is 4.24. The predicted octanol–water partition coefficient (Wildman–Crippen LogP) is 2.13. The van der Waals surface area contributed by atoms with Gasteiger partial charge >= 0.3 is 0 Å². The van der Waals surface area contributed by atoms with Crippen molar-refractivity contribution in [2.24, 2.45) is 11.7 Å². The van der Waals surface area contributed by atoms with E-state index in [-0.39, 0.29) is 0 Å². The summed E-state index contributed by atoms with van der Waals surface area (Å²) in [6.45, 7) is 2.73. The smallest absolute Gasteiger partial charge is 0.252 e. The van der Waals surface area contributed by atoms with Crippen molar-refractivity contribution in [1.29, 1.82) is 0 Å². The Morgan fingerprint density at radius 3 is 3.04 bits per heavy atom. The standard InChI is InChI=1S/C18H22N4O2/c1-24-17-5-3-2-4-16(17)22-9-7-13(12-22)10-21-15-6-8-20-11-14(15)18(19)23/h2-6,8,11,13H,7,9-10,12H2,1H3,(H2,19,23)(H,20,21). The molecular formula is C18H22N4O2. The van der Waals surface area contributed by atoms with E-state index in [1.54, 1.807) is 19.4 Å². The van der Waals surface area contributed by atoms with Gasteiger partial charge in [-0.1, -0.05) is 12.1 Å². The zero-order valence-electron chi connectivity index (χ0n) is 13.7. The maximum Gasteiger partial charge on any atom is 0.252 e. The number of amides is 1. The van der Waals surface area contributed by atoms with Crippen LogP contribution in [-0.2, 0) is 0 Å². The summed E-state index contributed by atoms with van der Waals surface area (Å²) < 4.78 is 5.45. The van der Waals surface area contributed by atoms with Gasteiger partial charge in [-0.05, 0) is 30.5 Å². The molecule has 0 radical (unpaired) electrons. The van der Waals surface area contributed by atoms with Crippen LogP contribution in [0.25, 0.3) is 0 Å². The predicted molar refractivity (Wildman–Crippen MR) is 94.6 cm³/mol. The van der Waals surface area contributed by atoms with Gasteiger partial charge < -0.3 is 20.7 Å². The van der Waals surface area contributed by atoms with Crippen molar-refractivity contribution in [3.05, 3.63) is 48.3 Å². The fourth-order valence-corrected chi connectivity index (χ4v) is 3.11. The molecule has 1 amide bonds. The first-order valence-corrected chi connectivity index (χ1v) is 8.04. The molecule has 1 atom stereocenters. The lowest BCUT2D eigenvalue weighted by atomic mass is 10.1. The minimum Gasteiger partial charge on any atom is -0.495 e. The van der Waals surface area contributed by atoms with Crippen molar-refractivity contribution < 1.29 is 9.53 Å². The third kappa shape index (κ3) is 3.42. The number of pyridine rings is 1. The van der Waals surface area contributed by atoms with Crippen molar-refractivity contribution in [1.82, 2.24) is 4.98 Å². The minimum absolute atomic E-state index is 0.428. The maximum absolute atomic E-state index is 11.4. The summed E-state index contributed by atoms with van der Waals surface area (Å²) >= 11 is 0. The van der Waals surface area contributed by atoms with Crippen molar-refractivity contribution in [3.63, 3.8) is 0 Å². The molecule has 1 aromatic carbocycles. The average molecular weight is 326 g/mol. The lowest BCUT2D eigenvalue weighted by Gasteiger charge is -2.21. The van der Waals surface area contributed by atoms with E-state index in [0.29, 0.717) is 11.5 Å². The summed E-state index contributed by atoms with van der Waals surface area (Å²) in [6, 6.07) is 9.86. The van der Waals surface area contributed by atoms with E-state index in [1.165, 1.54) is 6.20 Å². The number of aromatic nitrogens is 1. The van der Waals surface area contributed by atoms with E-state index in [9.17, 15) is 4.79 Å². The molecule has 6 heteroatoms. The zero-order chi connectivity index (χ0) is 16.9. The van der Waals surface area contributed by atoms with Crippen LogP contribution >= 0.6 is 0 Å². The van der Waals surface area contributed by atoms with Crippen LogP contribution in [0.15, 0.2) is 42.7 Å². The summed E-state index contributed by atoms with van der Waals surface area (Å²) in [5, 5.41) is 3.34. The summed E-state index contributed by atoms with van der Waals surface area (Å²) in [5.41, 5.74) is 7.69. The summed E-state index contributed by atoms with van der Waals surface area (Å²) in [4.78, 5) is 17.7. The molecule has 1 saturated heterocycles. The molecule has 126 valence electrons. The number of hydrogen-bond acceptors (Lipinski definition) is 5. The zero-order valence-corrected chi connectivity index (χ0v) is 13.7. The number of para-hydroxylation sites is 2. The quantitative estimate of drug-likeness (QED) is 0.850. The van der Waals surface area contributed by atoms with Gasteiger partial charge in [0.1, 0.15) is 5.75 Å². The Morgan fingerprint density at radius 2 is 2.25 bits per heavy atom. The molecule has 2 aromatic rings. The van der Waals surface area contributed by atoms with Gasteiger partial charge in [-0.15, -0.1) is 0 Å². The van der Waals surface area contributed by atoms with Crippen LogP contribution < -0.4 is 20.7 Å². The maximum atomic E-state index is 11.4. The molecule has 0 saturated carbocycles.